The van der Waals surface area contributed by atoms with E-state index < -0.39 is 0 Å². The van der Waals surface area contributed by atoms with Gasteiger partial charge in [0.25, 0.3) is 5.56 Å². The van der Waals surface area contributed by atoms with Gasteiger partial charge in [0.05, 0.1) is 5.52 Å². The van der Waals surface area contributed by atoms with Crippen LogP contribution in [0.4, 0.5) is 5.69 Å². The lowest BCUT2D eigenvalue weighted by molar-refractivity contribution is -0.111. The van der Waals surface area contributed by atoms with Crippen molar-refractivity contribution in [3.05, 3.63) is 51.8 Å². The van der Waals surface area contributed by atoms with Crippen molar-refractivity contribution in [2.24, 2.45) is 0 Å². The molecule has 102 valence electrons. The van der Waals surface area contributed by atoms with E-state index in [-0.39, 0.29) is 11.5 Å². The van der Waals surface area contributed by atoms with Crippen LogP contribution in [0.2, 0.25) is 0 Å². The minimum atomic E-state index is -0.171. The van der Waals surface area contributed by atoms with E-state index in [0.717, 1.165) is 41.3 Å². The van der Waals surface area contributed by atoms with Crippen LogP contribution in [0.25, 0.3) is 10.9 Å². The smallest absolute Gasteiger partial charge is 0.251 e. The quantitative estimate of drug-likeness (QED) is 0.822. The summed E-state index contributed by atoms with van der Waals surface area (Å²) in [5.41, 5.74) is 3.56. The molecule has 1 amide bonds. The summed E-state index contributed by atoms with van der Waals surface area (Å²) in [5.74, 6) is -0.171. The Morgan fingerprint density at radius 2 is 2.10 bits per heavy atom. The molecule has 0 saturated heterocycles. The van der Waals surface area contributed by atoms with Crippen molar-refractivity contribution in [3.63, 3.8) is 0 Å². The number of rotatable bonds is 2. The van der Waals surface area contributed by atoms with Gasteiger partial charge in [-0.05, 0) is 50.0 Å². The molecule has 0 aliphatic heterocycles. The molecule has 2 N–H and O–H groups in total. The summed E-state index contributed by atoms with van der Waals surface area (Å²) in [6, 6.07) is 5.66. The maximum atomic E-state index is 12.0. The van der Waals surface area contributed by atoms with Crippen LogP contribution in [0.5, 0.6) is 0 Å². The second kappa shape index (κ2) is 4.96. The Morgan fingerprint density at radius 3 is 2.90 bits per heavy atom. The van der Waals surface area contributed by atoms with Gasteiger partial charge in [0.2, 0.25) is 5.91 Å². The lowest BCUT2D eigenvalue weighted by Crippen LogP contribution is -2.13. The summed E-state index contributed by atoms with van der Waals surface area (Å²) in [4.78, 5) is 26.5. The molecule has 4 nitrogen and oxygen atoms in total. The van der Waals surface area contributed by atoms with Gasteiger partial charge in [-0.15, -0.1) is 0 Å². The Labute approximate surface area is 116 Å². The molecule has 1 aliphatic carbocycles. The number of aromatic nitrogens is 1. The maximum Gasteiger partial charge on any atom is 0.251 e. The molecular formula is C16H16N2O2. The average molecular weight is 268 g/mol. The molecule has 1 aromatic carbocycles. The Kier molecular flexibility index (Phi) is 3.14. The number of nitrogens with one attached hydrogen (secondary N) is 2. The molecule has 0 spiro atoms. The number of H-pyrrole nitrogens is 1. The number of anilines is 1. The molecule has 20 heavy (non-hydrogen) atoms. The number of pyridine rings is 1. The molecule has 0 radical (unpaired) electrons. The molecule has 0 bridgehead atoms. The highest BCUT2D eigenvalue weighted by molar-refractivity contribution is 6.00. The van der Waals surface area contributed by atoms with Gasteiger partial charge in [0, 0.05) is 16.6 Å². The molecule has 2 aromatic rings. The van der Waals surface area contributed by atoms with E-state index in [1.54, 1.807) is 13.0 Å². The average Bonchev–Trinajstić information content (AvgIpc) is 2.89. The summed E-state index contributed by atoms with van der Waals surface area (Å²) < 4.78 is 0. The first-order valence-electron chi connectivity index (χ1n) is 6.80. The highest BCUT2D eigenvalue weighted by Crippen LogP contribution is 2.27. The fraction of sp³-hybridized carbons (Fsp3) is 0.250. The number of carbonyl (C=O) groups is 1. The second-order valence-electron chi connectivity index (χ2n) is 5.01. The van der Waals surface area contributed by atoms with Gasteiger partial charge in [-0.3, -0.25) is 9.59 Å². The van der Waals surface area contributed by atoms with Crippen LogP contribution in [-0.4, -0.2) is 10.9 Å². The van der Waals surface area contributed by atoms with Crippen LogP contribution in [-0.2, 0) is 17.6 Å². The van der Waals surface area contributed by atoms with Crippen LogP contribution in [0.15, 0.2) is 35.1 Å². The molecular weight excluding hydrogens is 252 g/mol. The zero-order valence-electron chi connectivity index (χ0n) is 11.3. The van der Waals surface area contributed by atoms with Crippen LogP contribution in [0.3, 0.4) is 0 Å². The van der Waals surface area contributed by atoms with Crippen molar-refractivity contribution in [1.29, 1.82) is 0 Å². The van der Waals surface area contributed by atoms with Gasteiger partial charge < -0.3 is 10.3 Å². The van der Waals surface area contributed by atoms with Gasteiger partial charge in [0.1, 0.15) is 0 Å². The summed E-state index contributed by atoms with van der Waals surface area (Å²) in [7, 11) is 0. The molecule has 1 aliphatic rings. The minimum Gasteiger partial charge on any atom is -0.322 e. The molecule has 4 heteroatoms. The number of amides is 1. The van der Waals surface area contributed by atoms with Crippen molar-refractivity contribution in [3.8, 4) is 0 Å². The number of hydrogen-bond donors (Lipinski definition) is 2. The number of benzene rings is 1. The Hall–Kier alpha value is -2.36. The fourth-order valence-electron chi connectivity index (χ4n) is 2.81. The molecule has 3 rings (SSSR count). The highest BCUT2D eigenvalue weighted by Gasteiger charge is 2.17. The first-order valence-corrected chi connectivity index (χ1v) is 6.80. The number of aromatic amines is 1. The van der Waals surface area contributed by atoms with Gasteiger partial charge in [-0.1, -0.05) is 12.1 Å². The van der Waals surface area contributed by atoms with E-state index in [0.29, 0.717) is 5.69 Å². The van der Waals surface area contributed by atoms with E-state index in [2.05, 4.69) is 10.3 Å². The molecule has 0 atom stereocenters. The third-order valence-corrected chi connectivity index (χ3v) is 3.67. The predicted molar refractivity (Wildman–Crippen MR) is 80.0 cm³/mol. The molecule has 1 aromatic heterocycles. The van der Waals surface area contributed by atoms with Gasteiger partial charge in [-0.25, -0.2) is 0 Å². The maximum absolute atomic E-state index is 12.0. The monoisotopic (exact) mass is 268 g/mol. The molecule has 1 heterocycles. The Bertz CT molecular complexity index is 772. The zero-order chi connectivity index (χ0) is 14.1. The third-order valence-electron chi connectivity index (χ3n) is 3.67. The first-order chi connectivity index (χ1) is 9.69. The second-order valence-corrected chi connectivity index (χ2v) is 5.01. The van der Waals surface area contributed by atoms with Crippen LogP contribution in [0, 0.1) is 0 Å². The normalized spacial score (nSPS) is 13.8. The number of carbonyl (C=O) groups excluding carboxylic acids is 1. The SMILES string of the molecule is C/C=C\C(=O)Nc1ccc2c3c(c(=O)[nH]c2c1)CCC3. The molecule has 0 fully saturated rings. The van der Waals surface area contributed by atoms with E-state index in [1.165, 1.54) is 6.08 Å². The number of fused-ring (bicyclic) bond motifs is 3. The number of aryl methyl sites for hydroxylation is 1. The lowest BCUT2D eigenvalue weighted by atomic mass is 10.1. The van der Waals surface area contributed by atoms with E-state index in [4.69, 9.17) is 0 Å². The van der Waals surface area contributed by atoms with Crippen molar-refractivity contribution >= 4 is 22.5 Å². The topological polar surface area (TPSA) is 62.0 Å². The van der Waals surface area contributed by atoms with Crippen molar-refractivity contribution in [2.75, 3.05) is 5.32 Å². The Balaban J connectivity index is 2.06. The summed E-state index contributed by atoms with van der Waals surface area (Å²) in [6.07, 6.45) is 6.01. The summed E-state index contributed by atoms with van der Waals surface area (Å²) in [6.45, 7) is 1.79. The predicted octanol–water partition coefficient (Wildman–Crippen LogP) is 2.53. The number of hydrogen-bond acceptors (Lipinski definition) is 2. The van der Waals surface area contributed by atoms with Crippen molar-refractivity contribution < 1.29 is 4.79 Å². The van der Waals surface area contributed by atoms with Crippen molar-refractivity contribution in [2.45, 2.75) is 26.2 Å². The Morgan fingerprint density at radius 1 is 1.30 bits per heavy atom. The van der Waals surface area contributed by atoms with Crippen molar-refractivity contribution in [1.82, 2.24) is 4.98 Å². The zero-order valence-corrected chi connectivity index (χ0v) is 11.3. The first kappa shape index (κ1) is 12.7. The van der Waals surface area contributed by atoms with E-state index >= 15 is 0 Å². The van der Waals surface area contributed by atoms with Crippen LogP contribution < -0.4 is 10.9 Å². The van der Waals surface area contributed by atoms with Gasteiger partial charge >= 0.3 is 0 Å². The summed E-state index contributed by atoms with van der Waals surface area (Å²) in [5, 5.41) is 3.86. The van der Waals surface area contributed by atoms with Crippen LogP contribution in [0.1, 0.15) is 24.5 Å². The van der Waals surface area contributed by atoms with Gasteiger partial charge in [0.15, 0.2) is 0 Å². The minimum absolute atomic E-state index is 0.00179. The lowest BCUT2D eigenvalue weighted by Gasteiger charge is -2.08. The largest absolute Gasteiger partial charge is 0.322 e. The molecule has 0 unspecified atom stereocenters. The molecule has 0 saturated carbocycles. The van der Waals surface area contributed by atoms with E-state index in [1.807, 2.05) is 18.2 Å². The number of allylic oxidation sites excluding steroid dienone is 1. The summed E-state index contributed by atoms with van der Waals surface area (Å²) >= 11 is 0. The van der Waals surface area contributed by atoms with E-state index in [9.17, 15) is 9.59 Å². The van der Waals surface area contributed by atoms with Gasteiger partial charge in [-0.2, -0.15) is 0 Å². The standard InChI is InChI=1S/C16H16N2O2/c1-2-4-15(19)17-10-7-8-12-11-5-3-6-13(11)16(20)18-14(12)9-10/h2,4,7-9H,3,5-6H2,1H3,(H,17,19)(H,18,20)/b4-2-. The highest BCUT2D eigenvalue weighted by atomic mass is 16.1. The van der Waals surface area contributed by atoms with Crippen LogP contribution >= 0.6 is 0 Å². The third kappa shape index (κ3) is 2.13. The fourth-order valence-corrected chi connectivity index (χ4v) is 2.81.